The van der Waals surface area contributed by atoms with Gasteiger partial charge in [0.1, 0.15) is 6.54 Å². The minimum Gasteiger partial charge on any atom is -0.376 e. The molecule has 6 heteroatoms. The predicted octanol–water partition coefficient (Wildman–Crippen LogP) is 3.91. The maximum atomic E-state index is 12.1. The van der Waals surface area contributed by atoms with Gasteiger partial charge in [0.05, 0.1) is 0 Å². The molecule has 1 amide bonds. The van der Waals surface area contributed by atoms with E-state index in [2.05, 4.69) is 10.6 Å². The summed E-state index contributed by atoms with van der Waals surface area (Å²) in [5.41, 5.74) is 1.33. The summed E-state index contributed by atoms with van der Waals surface area (Å²) in [6.07, 6.45) is -4.27. The fraction of sp³-hybridized carbons (Fsp3) is 0.133. The molecule has 0 aromatic heterocycles. The first-order chi connectivity index (χ1) is 9.94. The maximum Gasteiger partial charge on any atom is 0.405 e. The third-order valence-corrected chi connectivity index (χ3v) is 2.67. The molecule has 3 nitrogen and oxygen atoms in total. The Morgan fingerprint density at radius 1 is 0.905 bits per heavy atom. The molecule has 0 saturated heterocycles. The summed E-state index contributed by atoms with van der Waals surface area (Å²) in [4.78, 5) is 11.9. The van der Waals surface area contributed by atoms with Gasteiger partial charge in [-0.1, -0.05) is 18.2 Å². The van der Waals surface area contributed by atoms with Gasteiger partial charge in [-0.15, -0.1) is 0 Å². The zero-order valence-corrected chi connectivity index (χ0v) is 10.9. The summed E-state index contributed by atoms with van der Waals surface area (Å²) in [6.45, 7) is -1.11. The number of carbonyl (C=O) groups excluding carboxylic acids is 1. The summed E-state index contributed by atoms with van der Waals surface area (Å²) in [6, 6.07) is 14.7. The van der Waals surface area contributed by atoms with Gasteiger partial charge in [-0.3, -0.25) is 4.79 Å². The van der Waals surface area contributed by atoms with Gasteiger partial charge < -0.3 is 10.6 Å². The number of nitrogens with one attached hydrogen (secondary N) is 2. The molecule has 0 aliphatic carbocycles. The molecule has 2 aromatic rings. The van der Waals surface area contributed by atoms with Gasteiger partial charge in [0.15, 0.2) is 0 Å². The quantitative estimate of drug-likeness (QED) is 0.897. The highest BCUT2D eigenvalue weighted by Gasteiger charge is 2.26. The first kappa shape index (κ1) is 14.9. The second kappa shape index (κ2) is 6.30. The molecule has 0 fully saturated rings. The molecule has 0 unspecified atom stereocenters. The van der Waals surface area contributed by atoms with Crippen molar-refractivity contribution in [3.8, 4) is 0 Å². The van der Waals surface area contributed by atoms with Crippen molar-refractivity contribution in [1.29, 1.82) is 0 Å². The lowest BCUT2D eigenvalue weighted by atomic mass is 10.2. The molecular formula is C15H13F3N2O. The van der Waals surface area contributed by atoms with Crippen molar-refractivity contribution in [1.82, 2.24) is 0 Å². The summed E-state index contributed by atoms with van der Waals surface area (Å²) in [5.74, 6) is -0.316. The van der Waals surface area contributed by atoms with Crippen molar-refractivity contribution >= 4 is 17.3 Å². The number of amides is 1. The topological polar surface area (TPSA) is 41.1 Å². The number of halogens is 3. The number of anilines is 2. The van der Waals surface area contributed by atoms with Crippen LogP contribution in [0.3, 0.4) is 0 Å². The van der Waals surface area contributed by atoms with E-state index in [1.807, 2.05) is 6.07 Å². The van der Waals surface area contributed by atoms with Crippen LogP contribution in [0.1, 0.15) is 10.4 Å². The Morgan fingerprint density at radius 2 is 1.52 bits per heavy atom. The fourth-order valence-corrected chi connectivity index (χ4v) is 1.67. The molecule has 0 radical (unpaired) electrons. The van der Waals surface area contributed by atoms with Crippen molar-refractivity contribution in [3.63, 3.8) is 0 Å². The standard InChI is InChI=1S/C15H13F3N2O/c16-15(17,18)10-19-12-8-6-11(7-9-12)14(21)20-13-4-2-1-3-5-13/h1-9,19H,10H2,(H,20,21). The minimum absolute atomic E-state index is 0.309. The van der Waals surface area contributed by atoms with Crippen LogP contribution in [-0.2, 0) is 0 Å². The lowest BCUT2D eigenvalue weighted by Gasteiger charge is -2.10. The van der Waals surface area contributed by atoms with Crippen molar-refractivity contribution in [2.45, 2.75) is 6.18 Å². The number of alkyl halides is 3. The van der Waals surface area contributed by atoms with Crippen LogP contribution in [0.5, 0.6) is 0 Å². The molecule has 0 heterocycles. The van der Waals surface area contributed by atoms with E-state index in [-0.39, 0.29) is 5.91 Å². The van der Waals surface area contributed by atoms with Gasteiger partial charge in [-0.25, -0.2) is 0 Å². The van der Waals surface area contributed by atoms with E-state index >= 15 is 0 Å². The normalized spacial score (nSPS) is 11.0. The Balaban J connectivity index is 1.97. The van der Waals surface area contributed by atoms with E-state index < -0.39 is 12.7 Å². The molecule has 21 heavy (non-hydrogen) atoms. The Morgan fingerprint density at radius 3 is 2.10 bits per heavy atom. The maximum absolute atomic E-state index is 12.1. The number of para-hydroxylation sites is 1. The molecule has 2 rings (SSSR count). The summed E-state index contributed by atoms with van der Waals surface area (Å²) in [7, 11) is 0. The fourth-order valence-electron chi connectivity index (χ4n) is 1.67. The predicted molar refractivity (Wildman–Crippen MR) is 75.4 cm³/mol. The van der Waals surface area contributed by atoms with Crippen LogP contribution in [-0.4, -0.2) is 18.6 Å². The van der Waals surface area contributed by atoms with Crippen LogP contribution in [0.2, 0.25) is 0 Å². The van der Waals surface area contributed by atoms with Crippen molar-refractivity contribution in [3.05, 3.63) is 60.2 Å². The molecule has 0 aliphatic rings. The first-order valence-electron chi connectivity index (χ1n) is 6.21. The Labute approximate surface area is 119 Å². The highest BCUT2D eigenvalue weighted by molar-refractivity contribution is 6.04. The average molecular weight is 294 g/mol. The van der Waals surface area contributed by atoms with E-state index in [1.165, 1.54) is 24.3 Å². The zero-order valence-electron chi connectivity index (χ0n) is 10.9. The molecule has 0 aliphatic heterocycles. The molecule has 0 atom stereocenters. The first-order valence-corrected chi connectivity index (χ1v) is 6.21. The van der Waals surface area contributed by atoms with Gasteiger partial charge in [-0.2, -0.15) is 13.2 Å². The highest BCUT2D eigenvalue weighted by atomic mass is 19.4. The van der Waals surface area contributed by atoms with Crippen LogP contribution < -0.4 is 10.6 Å². The Kier molecular flexibility index (Phi) is 4.47. The van der Waals surface area contributed by atoms with Crippen molar-refractivity contribution in [2.24, 2.45) is 0 Å². The number of carbonyl (C=O) groups is 1. The van der Waals surface area contributed by atoms with Crippen LogP contribution >= 0.6 is 0 Å². The van der Waals surface area contributed by atoms with Crippen molar-refractivity contribution in [2.75, 3.05) is 17.2 Å². The number of benzene rings is 2. The monoisotopic (exact) mass is 294 g/mol. The summed E-state index contributed by atoms with van der Waals surface area (Å²) >= 11 is 0. The van der Waals surface area contributed by atoms with Gasteiger partial charge in [0.2, 0.25) is 0 Å². The Bertz CT molecular complexity index is 595. The largest absolute Gasteiger partial charge is 0.405 e. The molecular weight excluding hydrogens is 281 g/mol. The van der Waals surface area contributed by atoms with Crippen LogP contribution in [0.4, 0.5) is 24.5 Å². The van der Waals surface area contributed by atoms with E-state index in [0.717, 1.165) is 0 Å². The third kappa shape index (κ3) is 4.83. The number of hydrogen-bond donors (Lipinski definition) is 2. The molecule has 0 bridgehead atoms. The van der Waals surface area contributed by atoms with Gasteiger partial charge in [0.25, 0.3) is 5.91 Å². The minimum atomic E-state index is -4.27. The molecule has 110 valence electrons. The van der Waals surface area contributed by atoms with E-state index in [1.54, 1.807) is 24.3 Å². The highest BCUT2D eigenvalue weighted by Crippen LogP contribution is 2.17. The molecule has 0 saturated carbocycles. The van der Waals surface area contributed by atoms with E-state index in [9.17, 15) is 18.0 Å². The summed E-state index contributed by atoms with van der Waals surface area (Å²) in [5, 5.41) is 4.94. The second-order valence-electron chi connectivity index (χ2n) is 4.37. The molecule has 0 spiro atoms. The van der Waals surface area contributed by atoms with Gasteiger partial charge in [0, 0.05) is 16.9 Å². The van der Waals surface area contributed by atoms with Gasteiger partial charge >= 0.3 is 6.18 Å². The molecule has 2 N–H and O–H groups in total. The lowest BCUT2D eigenvalue weighted by Crippen LogP contribution is -2.21. The van der Waals surface area contributed by atoms with Gasteiger partial charge in [-0.05, 0) is 36.4 Å². The van der Waals surface area contributed by atoms with Crippen LogP contribution in [0, 0.1) is 0 Å². The molecule has 2 aromatic carbocycles. The summed E-state index contributed by atoms with van der Waals surface area (Å²) < 4.78 is 36.2. The third-order valence-electron chi connectivity index (χ3n) is 2.67. The van der Waals surface area contributed by atoms with Crippen LogP contribution in [0.25, 0.3) is 0 Å². The second-order valence-corrected chi connectivity index (χ2v) is 4.37. The van der Waals surface area contributed by atoms with Crippen LogP contribution in [0.15, 0.2) is 54.6 Å². The number of rotatable bonds is 4. The SMILES string of the molecule is O=C(Nc1ccccc1)c1ccc(NCC(F)(F)F)cc1. The zero-order chi connectivity index (χ0) is 15.3. The lowest BCUT2D eigenvalue weighted by molar-refractivity contribution is -0.115. The Hall–Kier alpha value is -2.50. The number of hydrogen-bond acceptors (Lipinski definition) is 2. The van der Waals surface area contributed by atoms with E-state index in [0.29, 0.717) is 16.9 Å². The average Bonchev–Trinajstić information content (AvgIpc) is 2.46. The van der Waals surface area contributed by atoms with Crippen molar-refractivity contribution < 1.29 is 18.0 Å². The van der Waals surface area contributed by atoms with E-state index in [4.69, 9.17) is 0 Å². The smallest absolute Gasteiger partial charge is 0.376 e.